The van der Waals surface area contributed by atoms with Gasteiger partial charge in [0.15, 0.2) is 6.10 Å². The van der Waals surface area contributed by atoms with Crippen molar-refractivity contribution in [2.75, 3.05) is 26.2 Å². The standard InChI is InChI=1S/C20H23N3O2/c1-3-18-19(24)23(4-2)15-20(25-18)9-11-22(12-10-20)14-17-7-5-16(13-21)6-8-17/h1,5-8,18H,4,9-12,14-15H2,2H3/t18-/m0/s1. The number of nitrogens with zero attached hydrogens (tertiary/aromatic N) is 3. The van der Waals surface area contributed by atoms with E-state index in [2.05, 4.69) is 16.9 Å². The van der Waals surface area contributed by atoms with Crippen LogP contribution >= 0.6 is 0 Å². The molecule has 0 aliphatic carbocycles. The summed E-state index contributed by atoms with van der Waals surface area (Å²) in [4.78, 5) is 16.4. The molecule has 2 saturated heterocycles. The van der Waals surface area contributed by atoms with E-state index >= 15 is 0 Å². The molecule has 2 heterocycles. The normalized spacial score (nSPS) is 23.2. The number of hydrogen-bond donors (Lipinski definition) is 0. The van der Waals surface area contributed by atoms with Crippen LogP contribution in [0.1, 0.15) is 30.9 Å². The summed E-state index contributed by atoms with van der Waals surface area (Å²) in [6.45, 7) is 5.94. The predicted octanol–water partition coefficient (Wildman–Crippen LogP) is 1.77. The van der Waals surface area contributed by atoms with E-state index in [9.17, 15) is 4.79 Å². The summed E-state index contributed by atoms with van der Waals surface area (Å²) in [5, 5.41) is 8.88. The van der Waals surface area contributed by atoms with E-state index in [1.54, 1.807) is 0 Å². The van der Waals surface area contributed by atoms with Crippen LogP contribution in [0.5, 0.6) is 0 Å². The minimum Gasteiger partial charge on any atom is -0.347 e. The van der Waals surface area contributed by atoms with Gasteiger partial charge in [0, 0.05) is 32.7 Å². The van der Waals surface area contributed by atoms with Crippen LogP contribution in [0, 0.1) is 23.7 Å². The van der Waals surface area contributed by atoms with Crippen LogP contribution in [0.3, 0.4) is 0 Å². The summed E-state index contributed by atoms with van der Waals surface area (Å²) < 4.78 is 6.05. The first kappa shape index (κ1) is 17.5. The number of amides is 1. The number of ether oxygens (including phenoxy) is 1. The smallest absolute Gasteiger partial charge is 0.264 e. The molecule has 2 fully saturated rings. The Hall–Kier alpha value is -2.34. The van der Waals surface area contributed by atoms with Crippen LogP contribution in [0.2, 0.25) is 0 Å². The topological polar surface area (TPSA) is 56.6 Å². The maximum absolute atomic E-state index is 12.2. The SMILES string of the molecule is C#C[C@@H]1OC2(CCN(Cc3ccc(C#N)cc3)CC2)CN(CC)C1=O. The molecule has 1 spiro atoms. The minimum absolute atomic E-state index is 0.0874. The second-order valence-corrected chi connectivity index (χ2v) is 6.78. The Balaban J connectivity index is 1.61. The van der Waals surface area contributed by atoms with Crippen molar-refractivity contribution in [3.8, 4) is 18.4 Å². The van der Waals surface area contributed by atoms with Crippen LogP contribution in [0.4, 0.5) is 0 Å². The maximum atomic E-state index is 12.2. The Morgan fingerprint density at radius 2 is 2.00 bits per heavy atom. The molecule has 1 aromatic carbocycles. The molecule has 1 aromatic rings. The van der Waals surface area contributed by atoms with E-state index in [1.165, 1.54) is 5.56 Å². The van der Waals surface area contributed by atoms with E-state index < -0.39 is 6.10 Å². The van der Waals surface area contributed by atoms with Gasteiger partial charge < -0.3 is 9.64 Å². The van der Waals surface area contributed by atoms with Gasteiger partial charge >= 0.3 is 0 Å². The van der Waals surface area contributed by atoms with Crippen LogP contribution in [0.15, 0.2) is 24.3 Å². The van der Waals surface area contributed by atoms with Crippen LogP contribution in [-0.2, 0) is 16.1 Å². The Morgan fingerprint density at radius 1 is 1.32 bits per heavy atom. The number of carbonyl (C=O) groups excluding carboxylic acids is 1. The van der Waals surface area contributed by atoms with E-state index in [0.717, 1.165) is 32.5 Å². The lowest BCUT2D eigenvalue weighted by atomic mass is 9.88. The fourth-order valence-electron chi connectivity index (χ4n) is 3.64. The van der Waals surface area contributed by atoms with Crippen molar-refractivity contribution in [2.45, 2.75) is 38.0 Å². The van der Waals surface area contributed by atoms with E-state index in [-0.39, 0.29) is 11.5 Å². The number of morpholine rings is 1. The highest BCUT2D eigenvalue weighted by atomic mass is 16.5. The number of rotatable bonds is 3. The number of likely N-dealkylation sites (N-methyl/N-ethyl adjacent to an activating group) is 1. The molecule has 0 bridgehead atoms. The Bertz CT molecular complexity index is 706. The number of benzene rings is 1. The molecule has 1 amide bonds. The Labute approximate surface area is 149 Å². The van der Waals surface area contributed by atoms with Gasteiger partial charge in [0.1, 0.15) is 0 Å². The van der Waals surface area contributed by atoms with Crippen molar-refractivity contribution < 1.29 is 9.53 Å². The number of nitriles is 1. The Morgan fingerprint density at radius 3 is 2.56 bits per heavy atom. The van der Waals surface area contributed by atoms with Crippen molar-refractivity contribution in [1.29, 1.82) is 5.26 Å². The molecule has 0 aromatic heterocycles. The number of terminal acetylenes is 1. The molecule has 25 heavy (non-hydrogen) atoms. The lowest BCUT2D eigenvalue weighted by molar-refractivity contribution is -0.182. The first-order valence-electron chi connectivity index (χ1n) is 8.73. The van der Waals surface area contributed by atoms with Gasteiger partial charge in [-0.2, -0.15) is 5.26 Å². The zero-order valence-corrected chi connectivity index (χ0v) is 14.6. The Kier molecular flexibility index (Phi) is 5.08. The quantitative estimate of drug-likeness (QED) is 0.789. The minimum atomic E-state index is -0.751. The van der Waals surface area contributed by atoms with E-state index in [0.29, 0.717) is 18.7 Å². The molecule has 5 nitrogen and oxygen atoms in total. The van der Waals surface area contributed by atoms with Crippen molar-refractivity contribution in [1.82, 2.24) is 9.80 Å². The molecule has 2 aliphatic heterocycles. The number of hydrogen-bond acceptors (Lipinski definition) is 4. The molecule has 2 aliphatic rings. The molecule has 130 valence electrons. The van der Waals surface area contributed by atoms with Gasteiger partial charge in [-0.3, -0.25) is 9.69 Å². The molecule has 0 N–H and O–H groups in total. The van der Waals surface area contributed by atoms with Gasteiger partial charge in [-0.25, -0.2) is 0 Å². The summed E-state index contributed by atoms with van der Waals surface area (Å²) in [7, 11) is 0. The highest BCUT2D eigenvalue weighted by Gasteiger charge is 2.45. The van der Waals surface area contributed by atoms with Crippen LogP contribution in [0.25, 0.3) is 0 Å². The van der Waals surface area contributed by atoms with Gasteiger partial charge in [-0.15, -0.1) is 6.42 Å². The van der Waals surface area contributed by atoms with Gasteiger partial charge in [-0.05, 0) is 37.5 Å². The van der Waals surface area contributed by atoms with E-state index in [4.69, 9.17) is 16.4 Å². The lowest BCUT2D eigenvalue weighted by Gasteiger charge is -2.48. The second kappa shape index (κ2) is 7.27. The summed E-state index contributed by atoms with van der Waals surface area (Å²) in [5.74, 6) is 2.41. The van der Waals surface area contributed by atoms with Gasteiger partial charge in [0.05, 0.1) is 17.2 Å². The molecule has 5 heteroatoms. The summed E-state index contributed by atoms with van der Waals surface area (Å²) in [6, 6.07) is 9.86. The van der Waals surface area contributed by atoms with Gasteiger partial charge in [-0.1, -0.05) is 18.1 Å². The summed E-state index contributed by atoms with van der Waals surface area (Å²) >= 11 is 0. The van der Waals surface area contributed by atoms with Crippen LogP contribution < -0.4 is 0 Å². The molecule has 1 atom stereocenters. The van der Waals surface area contributed by atoms with E-state index in [1.807, 2.05) is 36.1 Å². The van der Waals surface area contributed by atoms with Crippen molar-refractivity contribution >= 4 is 5.91 Å². The molecular formula is C20H23N3O2. The fourth-order valence-corrected chi connectivity index (χ4v) is 3.64. The third kappa shape index (κ3) is 3.69. The largest absolute Gasteiger partial charge is 0.347 e. The maximum Gasteiger partial charge on any atom is 0.264 e. The van der Waals surface area contributed by atoms with Crippen molar-refractivity contribution in [2.24, 2.45) is 0 Å². The molecule has 0 radical (unpaired) electrons. The molecule has 0 unspecified atom stereocenters. The third-order valence-electron chi connectivity index (χ3n) is 5.17. The predicted molar refractivity (Wildman–Crippen MR) is 94.4 cm³/mol. The first-order valence-corrected chi connectivity index (χ1v) is 8.73. The number of likely N-dealkylation sites (tertiary alicyclic amines) is 1. The van der Waals surface area contributed by atoms with Crippen molar-refractivity contribution in [3.05, 3.63) is 35.4 Å². The summed E-state index contributed by atoms with van der Waals surface area (Å²) in [5.41, 5.74) is 1.57. The zero-order chi connectivity index (χ0) is 17.9. The lowest BCUT2D eigenvalue weighted by Crippen LogP contribution is -2.61. The van der Waals surface area contributed by atoms with Gasteiger partial charge in [0.2, 0.25) is 0 Å². The number of piperidine rings is 1. The first-order chi connectivity index (χ1) is 12.1. The summed E-state index contributed by atoms with van der Waals surface area (Å²) in [6.07, 6.45) is 6.48. The average molecular weight is 337 g/mol. The highest BCUT2D eigenvalue weighted by Crippen LogP contribution is 2.33. The number of carbonyl (C=O) groups is 1. The monoisotopic (exact) mass is 337 g/mol. The average Bonchev–Trinajstić information content (AvgIpc) is 2.66. The third-order valence-corrected chi connectivity index (χ3v) is 5.17. The molecule has 3 rings (SSSR count). The highest BCUT2D eigenvalue weighted by molar-refractivity contribution is 5.84. The fraction of sp³-hybridized carbons (Fsp3) is 0.500. The van der Waals surface area contributed by atoms with Gasteiger partial charge in [0.25, 0.3) is 5.91 Å². The molecular weight excluding hydrogens is 314 g/mol. The van der Waals surface area contributed by atoms with Crippen molar-refractivity contribution in [3.63, 3.8) is 0 Å². The zero-order valence-electron chi connectivity index (χ0n) is 14.6. The second-order valence-electron chi connectivity index (χ2n) is 6.78. The van der Waals surface area contributed by atoms with Crippen LogP contribution in [-0.4, -0.2) is 53.6 Å². The molecule has 0 saturated carbocycles.